The molecular formula is C10H9BrN2O2S. The molecule has 0 radical (unpaired) electrons. The van der Waals surface area contributed by atoms with Crippen molar-refractivity contribution in [2.75, 3.05) is 0 Å². The van der Waals surface area contributed by atoms with E-state index in [1.54, 1.807) is 0 Å². The number of aromatic nitrogens is 2. The monoisotopic (exact) mass is 300 g/mol. The van der Waals surface area contributed by atoms with Crippen LogP contribution in [0.5, 0.6) is 5.75 Å². The Morgan fingerprint density at radius 1 is 1.56 bits per heavy atom. The van der Waals surface area contributed by atoms with Crippen LogP contribution in [0.2, 0.25) is 0 Å². The molecule has 0 amide bonds. The highest BCUT2D eigenvalue weighted by Gasteiger charge is 2.12. The Bertz CT molecular complexity index is 537. The van der Waals surface area contributed by atoms with Gasteiger partial charge in [0.25, 0.3) is 10.7 Å². The molecule has 1 aromatic carbocycles. The van der Waals surface area contributed by atoms with Crippen molar-refractivity contribution in [1.82, 2.24) is 10.2 Å². The van der Waals surface area contributed by atoms with E-state index < -0.39 is 0 Å². The van der Waals surface area contributed by atoms with Crippen molar-refractivity contribution < 1.29 is 9.15 Å². The third-order valence-corrected chi connectivity index (χ3v) is 2.58. The van der Waals surface area contributed by atoms with Gasteiger partial charge in [0, 0.05) is 4.47 Å². The van der Waals surface area contributed by atoms with E-state index >= 15 is 0 Å². The highest BCUT2D eigenvalue weighted by Crippen LogP contribution is 2.23. The number of hydrogen-bond donors (Lipinski definition) is 1. The first kappa shape index (κ1) is 11.3. The van der Waals surface area contributed by atoms with E-state index in [1.807, 2.05) is 31.2 Å². The zero-order chi connectivity index (χ0) is 11.5. The van der Waals surface area contributed by atoms with Crippen molar-refractivity contribution in [3.63, 3.8) is 0 Å². The van der Waals surface area contributed by atoms with Gasteiger partial charge in [-0.3, -0.25) is 0 Å². The molecular weight excluding hydrogens is 292 g/mol. The van der Waals surface area contributed by atoms with Crippen molar-refractivity contribution in [2.45, 2.75) is 13.0 Å². The Morgan fingerprint density at radius 2 is 2.38 bits per heavy atom. The average Bonchev–Trinajstić information content (AvgIpc) is 2.65. The molecule has 1 N–H and O–H groups in total. The quantitative estimate of drug-likeness (QED) is 0.879. The molecule has 4 nitrogen and oxygen atoms in total. The van der Waals surface area contributed by atoms with Gasteiger partial charge in [0.2, 0.25) is 0 Å². The Morgan fingerprint density at radius 3 is 3.00 bits per heavy atom. The van der Waals surface area contributed by atoms with E-state index in [1.165, 1.54) is 0 Å². The van der Waals surface area contributed by atoms with Gasteiger partial charge in [0.15, 0.2) is 6.10 Å². The van der Waals surface area contributed by atoms with Crippen molar-refractivity contribution in [3.05, 3.63) is 39.5 Å². The Labute approximate surface area is 106 Å². The molecule has 0 bridgehead atoms. The maximum Gasteiger partial charge on any atom is 0.284 e. The number of halogens is 1. The van der Waals surface area contributed by atoms with E-state index in [4.69, 9.17) is 21.4 Å². The summed E-state index contributed by atoms with van der Waals surface area (Å²) in [6, 6.07) is 7.56. The van der Waals surface area contributed by atoms with Crippen LogP contribution in [-0.2, 0) is 0 Å². The zero-order valence-corrected chi connectivity index (χ0v) is 10.8. The van der Waals surface area contributed by atoms with Gasteiger partial charge in [-0.05, 0) is 37.3 Å². The van der Waals surface area contributed by atoms with Crippen LogP contribution in [0.4, 0.5) is 0 Å². The van der Waals surface area contributed by atoms with E-state index in [0.717, 1.165) is 10.2 Å². The molecule has 0 saturated heterocycles. The molecule has 1 aromatic heterocycles. The highest BCUT2D eigenvalue weighted by atomic mass is 79.9. The van der Waals surface area contributed by atoms with Gasteiger partial charge >= 0.3 is 0 Å². The van der Waals surface area contributed by atoms with Crippen LogP contribution < -0.4 is 4.74 Å². The van der Waals surface area contributed by atoms with Gasteiger partial charge in [-0.15, -0.1) is 5.10 Å². The number of ether oxygens (including phenoxy) is 1. The summed E-state index contributed by atoms with van der Waals surface area (Å²) in [7, 11) is 0. The minimum Gasteiger partial charge on any atom is -0.481 e. The van der Waals surface area contributed by atoms with E-state index in [9.17, 15) is 0 Å². The summed E-state index contributed by atoms with van der Waals surface area (Å²) in [5, 5.41) is 6.46. The number of nitrogens with zero attached hydrogens (tertiary/aromatic N) is 1. The maximum absolute atomic E-state index is 5.64. The number of H-pyrrole nitrogens is 1. The molecule has 6 heteroatoms. The van der Waals surface area contributed by atoms with Crippen LogP contribution in [0.3, 0.4) is 0 Å². The summed E-state index contributed by atoms with van der Waals surface area (Å²) in [5.74, 6) is 1.18. The lowest BCUT2D eigenvalue weighted by Crippen LogP contribution is -2.03. The number of rotatable bonds is 3. The van der Waals surface area contributed by atoms with E-state index in [-0.39, 0.29) is 10.9 Å². The van der Waals surface area contributed by atoms with Gasteiger partial charge in [-0.25, -0.2) is 5.10 Å². The predicted octanol–water partition coefficient (Wildman–Crippen LogP) is 3.63. The summed E-state index contributed by atoms with van der Waals surface area (Å²) in [6.07, 6.45) is -0.290. The van der Waals surface area contributed by atoms with Gasteiger partial charge in [-0.1, -0.05) is 22.0 Å². The number of nitrogens with one attached hydrogen (secondary N) is 1. The third kappa shape index (κ3) is 2.70. The van der Waals surface area contributed by atoms with Crippen molar-refractivity contribution in [2.24, 2.45) is 0 Å². The molecule has 2 rings (SSSR count). The summed E-state index contributed by atoms with van der Waals surface area (Å²) < 4.78 is 11.8. The average molecular weight is 301 g/mol. The molecule has 0 spiro atoms. The van der Waals surface area contributed by atoms with Crippen LogP contribution in [0.25, 0.3) is 0 Å². The minimum atomic E-state index is -0.290. The van der Waals surface area contributed by atoms with Gasteiger partial charge in [-0.2, -0.15) is 0 Å². The van der Waals surface area contributed by atoms with Crippen molar-refractivity contribution in [1.29, 1.82) is 0 Å². The fourth-order valence-electron chi connectivity index (χ4n) is 1.21. The number of aromatic amines is 1. The molecule has 84 valence electrons. The van der Waals surface area contributed by atoms with Crippen LogP contribution in [0, 0.1) is 4.84 Å². The van der Waals surface area contributed by atoms with E-state index in [2.05, 4.69) is 26.1 Å². The molecule has 0 aliphatic rings. The summed E-state index contributed by atoms with van der Waals surface area (Å²) in [6.45, 7) is 1.84. The second kappa shape index (κ2) is 4.80. The Kier molecular flexibility index (Phi) is 3.40. The molecule has 1 unspecified atom stereocenters. The SMILES string of the molecule is CC(Oc1cccc(Br)c1)c1n[nH]c(=S)o1. The standard InChI is InChI=1S/C10H9BrN2O2S/c1-6(9-12-13-10(16)15-9)14-8-4-2-3-7(11)5-8/h2-6H,1H3,(H,13,16). The highest BCUT2D eigenvalue weighted by molar-refractivity contribution is 9.10. The third-order valence-electron chi connectivity index (χ3n) is 1.91. The molecule has 2 aromatic rings. The maximum atomic E-state index is 5.64. The molecule has 0 aliphatic carbocycles. The largest absolute Gasteiger partial charge is 0.481 e. The molecule has 16 heavy (non-hydrogen) atoms. The lowest BCUT2D eigenvalue weighted by molar-refractivity contribution is 0.187. The number of hydrogen-bond acceptors (Lipinski definition) is 4. The first-order valence-electron chi connectivity index (χ1n) is 4.63. The molecule has 1 heterocycles. The smallest absolute Gasteiger partial charge is 0.284 e. The van der Waals surface area contributed by atoms with Gasteiger partial charge < -0.3 is 9.15 Å². The zero-order valence-electron chi connectivity index (χ0n) is 8.44. The Hall–Kier alpha value is -1.14. The second-order valence-electron chi connectivity index (χ2n) is 3.17. The molecule has 0 aliphatic heterocycles. The topological polar surface area (TPSA) is 51.0 Å². The summed E-state index contributed by atoms with van der Waals surface area (Å²) in [4.78, 5) is 0.250. The summed E-state index contributed by atoms with van der Waals surface area (Å²) >= 11 is 8.16. The van der Waals surface area contributed by atoms with Crippen LogP contribution in [0.15, 0.2) is 33.2 Å². The lowest BCUT2D eigenvalue weighted by Gasteiger charge is -2.10. The van der Waals surface area contributed by atoms with Crippen LogP contribution >= 0.6 is 28.1 Å². The summed E-state index contributed by atoms with van der Waals surface area (Å²) in [5.41, 5.74) is 0. The molecule has 0 fully saturated rings. The van der Waals surface area contributed by atoms with Crippen molar-refractivity contribution in [3.8, 4) is 5.75 Å². The predicted molar refractivity (Wildman–Crippen MR) is 64.9 cm³/mol. The Balaban J connectivity index is 2.13. The lowest BCUT2D eigenvalue weighted by atomic mass is 10.3. The minimum absolute atomic E-state index is 0.250. The van der Waals surface area contributed by atoms with Crippen LogP contribution in [-0.4, -0.2) is 10.2 Å². The fourth-order valence-corrected chi connectivity index (χ4v) is 1.72. The molecule has 1 atom stereocenters. The normalized spacial score (nSPS) is 12.4. The van der Waals surface area contributed by atoms with Gasteiger partial charge in [0.1, 0.15) is 5.75 Å². The number of benzene rings is 1. The fraction of sp³-hybridized carbons (Fsp3) is 0.200. The second-order valence-corrected chi connectivity index (χ2v) is 4.46. The first-order valence-corrected chi connectivity index (χ1v) is 5.83. The van der Waals surface area contributed by atoms with E-state index in [0.29, 0.717) is 5.89 Å². The van der Waals surface area contributed by atoms with Crippen LogP contribution in [0.1, 0.15) is 18.9 Å². The van der Waals surface area contributed by atoms with Crippen molar-refractivity contribution >= 4 is 28.1 Å². The van der Waals surface area contributed by atoms with Gasteiger partial charge in [0.05, 0.1) is 0 Å². The molecule has 0 saturated carbocycles. The first-order chi connectivity index (χ1) is 7.65.